The molecule has 1 saturated heterocycles. The zero-order valence-corrected chi connectivity index (χ0v) is 24.4. The summed E-state index contributed by atoms with van der Waals surface area (Å²) in [5.74, 6) is -2.90. The third kappa shape index (κ3) is 9.59. The predicted octanol–water partition coefficient (Wildman–Crippen LogP) is 3.76. The molecule has 2 heterocycles. The van der Waals surface area contributed by atoms with Crippen LogP contribution in [0.2, 0.25) is 0 Å². The van der Waals surface area contributed by atoms with Crippen LogP contribution in [-0.2, 0) is 21.2 Å². The number of H-pyrrole nitrogens is 1. The van der Waals surface area contributed by atoms with Gasteiger partial charge in [-0.15, -0.1) is 0 Å². The Morgan fingerprint density at radius 2 is 1.77 bits per heavy atom. The predicted molar refractivity (Wildman–Crippen MR) is 154 cm³/mol. The normalized spacial score (nSPS) is 15.3. The Hall–Kier alpha value is -3.82. The molecule has 3 aromatic rings. The molecular formula is C28H35F3N4O7S. The van der Waals surface area contributed by atoms with Crippen LogP contribution in [0.25, 0.3) is 10.9 Å². The summed E-state index contributed by atoms with van der Waals surface area (Å²) < 4.78 is 57.0. The molecule has 43 heavy (non-hydrogen) atoms. The molecule has 0 radical (unpaired) electrons. The summed E-state index contributed by atoms with van der Waals surface area (Å²) in [6.07, 6.45) is 0.908. The number of hydrogen-bond acceptors (Lipinski definition) is 7. The molecule has 0 spiro atoms. The summed E-state index contributed by atoms with van der Waals surface area (Å²) in [6.45, 7) is 3.87. The first kappa shape index (κ1) is 33.7. The monoisotopic (exact) mass is 628 g/mol. The van der Waals surface area contributed by atoms with Crippen molar-refractivity contribution in [2.75, 3.05) is 30.6 Å². The number of para-hydroxylation sites is 1. The molecule has 0 saturated carbocycles. The van der Waals surface area contributed by atoms with E-state index in [9.17, 15) is 36.6 Å². The highest BCUT2D eigenvalue weighted by Gasteiger charge is 2.38. The van der Waals surface area contributed by atoms with E-state index in [1.54, 1.807) is 6.07 Å². The number of phenols is 1. The van der Waals surface area contributed by atoms with Crippen LogP contribution in [0.4, 0.5) is 18.9 Å². The van der Waals surface area contributed by atoms with Gasteiger partial charge in [-0.25, -0.2) is 13.2 Å². The highest BCUT2D eigenvalue weighted by molar-refractivity contribution is 7.92. The molecular weight excluding hydrogens is 593 g/mol. The quantitative estimate of drug-likeness (QED) is 0.195. The number of benzene rings is 2. The molecule has 1 aliphatic rings. The second-order valence-corrected chi connectivity index (χ2v) is 12.1. The second kappa shape index (κ2) is 14.1. The van der Waals surface area contributed by atoms with Crippen molar-refractivity contribution >= 4 is 38.5 Å². The fourth-order valence-electron chi connectivity index (χ4n) is 4.70. The van der Waals surface area contributed by atoms with Gasteiger partial charge in [-0.3, -0.25) is 9.52 Å². The summed E-state index contributed by atoms with van der Waals surface area (Å²) in [5.41, 5.74) is 3.13. The number of carbonyl (C=O) groups excluding carboxylic acids is 1. The number of likely N-dealkylation sites (tertiary alicyclic amines) is 1. The van der Waals surface area contributed by atoms with Gasteiger partial charge in [0.2, 0.25) is 10.0 Å². The van der Waals surface area contributed by atoms with E-state index in [0.717, 1.165) is 48.7 Å². The number of aromatic nitrogens is 1. The first-order chi connectivity index (χ1) is 20.1. The second-order valence-electron chi connectivity index (χ2n) is 10.4. The van der Waals surface area contributed by atoms with Crippen molar-refractivity contribution < 1.29 is 46.5 Å². The van der Waals surface area contributed by atoms with E-state index < -0.39 is 28.3 Å². The molecule has 0 aliphatic carbocycles. The number of nitrogens with one attached hydrogen (secondary N) is 3. The van der Waals surface area contributed by atoms with Gasteiger partial charge in [-0.2, -0.15) is 13.2 Å². The fraction of sp³-hybridized carbons (Fsp3) is 0.429. The van der Waals surface area contributed by atoms with Crippen molar-refractivity contribution in [1.82, 2.24) is 15.2 Å². The van der Waals surface area contributed by atoms with Gasteiger partial charge in [0.25, 0.3) is 5.91 Å². The number of fused-ring (bicyclic) bond motifs is 1. The number of sulfonamides is 1. The van der Waals surface area contributed by atoms with Gasteiger partial charge in [-0.05, 0) is 61.9 Å². The Kier molecular flexibility index (Phi) is 11.0. The summed E-state index contributed by atoms with van der Waals surface area (Å²) in [5, 5.41) is 32.0. The van der Waals surface area contributed by atoms with E-state index in [4.69, 9.17) is 9.90 Å². The summed E-state index contributed by atoms with van der Waals surface area (Å²) >= 11 is 0. The number of aliphatic carboxylic acids is 1. The molecule has 0 unspecified atom stereocenters. The van der Waals surface area contributed by atoms with E-state index in [0.29, 0.717) is 17.5 Å². The highest BCUT2D eigenvalue weighted by atomic mass is 32.2. The van der Waals surface area contributed by atoms with E-state index in [-0.39, 0.29) is 29.9 Å². The lowest BCUT2D eigenvalue weighted by atomic mass is 10.0. The van der Waals surface area contributed by atoms with Crippen molar-refractivity contribution in [3.05, 3.63) is 59.3 Å². The third-order valence-electron chi connectivity index (χ3n) is 6.80. The Bertz CT molecular complexity index is 1540. The number of carboxylic acid groups (broad SMARTS) is 1. The first-order valence-corrected chi connectivity index (χ1v) is 15.4. The number of aromatic hydroxyl groups is 1. The lowest BCUT2D eigenvalue weighted by Gasteiger charge is -2.26. The number of nitrogens with zero attached hydrogens (tertiary/aromatic N) is 1. The van der Waals surface area contributed by atoms with Crippen LogP contribution in [0.5, 0.6) is 5.75 Å². The van der Waals surface area contributed by atoms with E-state index in [1.165, 1.54) is 18.6 Å². The molecule has 2 atom stereocenters. The molecule has 2 aromatic carbocycles. The molecule has 1 aliphatic heterocycles. The Morgan fingerprint density at radius 1 is 1.12 bits per heavy atom. The lowest BCUT2D eigenvalue weighted by Crippen LogP contribution is -2.35. The van der Waals surface area contributed by atoms with Crippen molar-refractivity contribution in [3.63, 3.8) is 0 Å². The molecule has 1 fully saturated rings. The minimum absolute atomic E-state index is 0.0193. The number of anilines is 1. The number of rotatable bonds is 9. The highest BCUT2D eigenvalue weighted by Crippen LogP contribution is 2.28. The molecule has 0 bridgehead atoms. The van der Waals surface area contributed by atoms with Crippen LogP contribution in [0.3, 0.4) is 0 Å². The van der Waals surface area contributed by atoms with Crippen molar-refractivity contribution in [2.24, 2.45) is 0 Å². The summed E-state index contributed by atoms with van der Waals surface area (Å²) in [7, 11) is -3.56. The van der Waals surface area contributed by atoms with E-state index >= 15 is 0 Å². The van der Waals surface area contributed by atoms with Crippen LogP contribution < -0.4 is 10.0 Å². The van der Waals surface area contributed by atoms with Gasteiger partial charge in [0, 0.05) is 37.3 Å². The maximum Gasteiger partial charge on any atom is 0.490 e. The third-order valence-corrected chi connectivity index (χ3v) is 7.39. The average Bonchev–Trinajstić information content (AvgIpc) is 3.34. The van der Waals surface area contributed by atoms with Gasteiger partial charge in [-0.1, -0.05) is 18.2 Å². The molecule has 15 heteroatoms. The maximum atomic E-state index is 13.1. The van der Waals surface area contributed by atoms with Crippen molar-refractivity contribution in [3.8, 4) is 5.75 Å². The molecule has 11 nitrogen and oxygen atoms in total. The smallest absolute Gasteiger partial charge is 0.490 e. The Balaban J connectivity index is 0.000000646. The Labute approximate surface area is 246 Å². The summed E-state index contributed by atoms with van der Waals surface area (Å²) in [6, 6.07) is 10.2. The van der Waals surface area contributed by atoms with Gasteiger partial charge in [0.1, 0.15) is 5.75 Å². The molecule has 1 aromatic heterocycles. The number of amides is 1. The molecule has 236 valence electrons. The standard InChI is InChI=1S/C26H34N4O5S.C2HF3O2/c1-17(27-16-24(32)18-9-10-23(31)22(14-18)29-36(2,34)35)13-19-15-28-25-20(19)7-6-8-21(25)26(33)30-11-4-3-5-12-30;3-2(4,5)1(6)7/h6-10,14-15,17,24,27-29,31-32H,3-5,11-13,16H2,1-2H3;(H,6,7)/t17-,24+;/m1./s1. The van der Waals surface area contributed by atoms with Gasteiger partial charge in [0.05, 0.1) is 29.1 Å². The van der Waals surface area contributed by atoms with Gasteiger partial charge < -0.3 is 30.5 Å². The van der Waals surface area contributed by atoms with Crippen LogP contribution in [0.1, 0.15) is 53.8 Å². The summed E-state index contributed by atoms with van der Waals surface area (Å²) in [4.78, 5) is 27.2. The minimum Gasteiger partial charge on any atom is -0.506 e. The number of piperidine rings is 1. The van der Waals surface area contributed by atoms with Crippen LogP contribution in [-0.4, -0.2) is 83.6 Å². The Morgan fingerprint density at radius 3 is 2.37 bits per heavy atom. The number of phenolic OH excluding ortho intramolecular Hbond substituents is 1. The lowest BCUT2D eigenvalue weighted by molar-refractivity contribution is -0.192. The number of hydrogen-bond donors (Lipinski definition) is 6. The largest absolute Gasteiger partial charge is 0.506 e. The molecule has 4 rings (SSSR count). The number of aromatic amines is 1. The van der Waals surface area contributed by atoms with Crippen molar-refractivity contribution in [2.45, 2.75) is 50.9 Å². The minimum atomic E-state index is -5.08. The molecule has 6 N–H and O–H groups in total. The number of halogens is 3. The topological polar surface area (TPSA) is 172 Å². The number of aliphatic hydroxyl groups is 1. The zero-order chi connectivity index (χ0) is 31.9. The van der Waals surface area contributed by atoms with E-state index in [2.05, 4.69) is 15.0 Å². The van der Waals surface area contributed by atoms with Crippen LogP contribution in [0.15, 0.2) is 42.6 Å². The van der Waals surface area contributed by atoms with Gasteiger partial charge >= 0.3 is 12.1 Å². The fourth-order valence-corrected chi connectivity index (χ4v) is 5.26. The van der Waals surface area contributed by atoms with Crippen LogP contribution in [0, 0.1) is 0 Å². The van der Waals surface area contributed by atoms with Gasteiger partial charge in [0.15, 0.2) is 0 Å². The SMILES string of the molecule is C[C@H](Cc1c[nH]c2c(C(=O)N3CCCCC3)cccc12)NC[C@H](O)c1ccc(O)c(NS(C)(=O)=O)c1.O=C(O)C(F)(F)F. The number of carbonyl (C=O) groups is 2. The number of carboxylic acids is 1. The van der Waals surface area contributed by atoms with E-state index in [1.807, 2.05) is 36.2 Å². The van der Waals surface area contributed by atoms with Crippen molar-refractivity contribution in [1.29, 1.82) is 0 Å². The average molecular weight is 629 g/mol. The number of aliphatic hydroxyl groups excluding tert-OH is 1. The number of alkyl halides is 3. The zero-order valence-electron chi connectivity index (χ0n) is 23.6. The first-order valence-electron chi connectivity index (χ1n) is 13.5. The maximum absolute atomic E-state index is 13.1. The van der Waals surface area contributed by atoms with Crippen LogP contribution >= 0.6 is 0 Å². The molecule has 1 amide bonds.